The molecule has 4 N–H and O–H groups in total. The van der Waals surface area contributed by atoms with Crippen LogP contribution in [-0.2, 0) is 38.6 Å². The number of anilines is 1. The summed E-state index contributed by atoms with van der Waals surface area (Å²) < 4.78 is 43.4. The third kappa shape index (κ3) is 9.60. The maximum Gasteiger partial charge on any atom is 0.411 e. The van der Waals surface area contributed by atoms with Crippen molar-refractivity contribution < 1.29 is 51.4 Å². The Labute approximate surface area is 303 Å². The van der Waals surface area contributed by atoms with E-state index in [9.17, 15) is 37.2 Å². The van der Waals surface area contributed by atoms with Gasteiger partial charge in [0.1, 0.15) is 29.3 Å². The summed E-state index contributed by atoms with van der Waals surface area (Å²) in [7, 11) is -3.95. The fourth-order valence-corrected chi connectivity index (χ4v) is 7.27. The van der Waals surface area contributed by atoms with Crippen molar-refractivity contribution in [1.82, 2.24) is 20.3 Å². The fraction of sp³-hybridized carbons (Fsp3) is 0.600. The van der Waals surface area contributed by atoms with Crippen molar-refractivity contribution in [1.29, 1.82) is 0 Å². The molecule has 1 aromatic rings. The van der Waals surface area contributed by atoms with Gasteiger partial charge in [0.2, 0.25) is 21.8 Å². The number of hydrogen-bond donors (Lipinski definition) is 4. The highest BCUT2D eigenvalue weighted by Crippen LogP contribution is 2.45. The van der Waals surface area contributed by atoms with Gasteiger partial charge in [-0.05, 0) is 64.5 Å². The van der Waals surface area contributed by atoms with E-state index in [0.29, 0.717) is 12.8 Å². The van der Waals surface area contributed by atoms with Crippen LogP contribution in [0, 0.1) is 11.3 Å². The molecule has 2 saturated carbocycles. The van der Waals surface area contributed by atoms with E-state index in [2.05, 4.69) is 27.3 Å². The Bertz CT molecular complexity index is 1710. The van der Waals surface area contributed by atoms with Crippen LogP contribution < -0.4 is 20.7 Å². The van der Waals surface area contributed by atoms with E-state index in [4.69, 9.17) is 14.2 Å². The van der Waals surface area contributed by atoms with E-state index in [0.717, 1.165) is 4.90 Å². The smallest absolute Gasteiger partial charge is 0.411 e. The van der Waals surface area contributed by atoms with Crippen LogP contribution in [0.3, 0.4) is 0 Å². The number of nitrogens with one attached hydrogen (secondary N) is 4. The molecule has 1 saturated heterocycles. The fourth-order valence-electron chi connectivity index (χ4n) is 5.90. The van der Waals surface area contributed by atoms with Crippen molar-refractivity contribution in [3.8, 4) is 0 Å². The van der Waals surface area contributed by atoms with Crippen LogP contribution in [0.5, 0.6) is 0 Å². The number of amides is 5. The first-order valence-corrected chi connectivity index (χ1v) is 18.7. The highest BCUT2D eigenvalue weighted by Gasteiger charge is 2.62. The number of hydrogen-bond acceptors (Lipinski definition) is 11. The van der Waals surface area contributed by atoms with Crippen molar-refractivity contribution in [2.24, 2.45) is 11.3 Å². The van der Waals surface area contributed by atoms with Crippen LogP contribution in [0.1, 0.15) is 84.5 Å². The number of rotatable bonds is 12. The third-order valence-electron chi connectivity index (χ3n) is 8.80. The molecule has 1 aromatic carbocycles. The third-order valence-corrected chi connectivity index (χ3v) is 10.6. The molecule has 52 heavy (non-hydrogen) atoms. The lowest BCUT2D eigenvalue weighted by atomic mass is 9.85. The molecule has 0 radical (unpaired) electrons. The molecule has 3 fully saturated rings. The number of carbonyl (C=O) groups is 6. The van der Waals surface area contributed by atoms with Crippen molar-refractivity contribution in [3.63, 3.8) is 0 Å². The number of ether oxygens (including phenoxy) is 3. The normalized spacial score (nSPS) is 23.4. The first-order chi connectivity index (χ1) is 24.1. The number of likely N-dealkylation sites (tertiary alicyclic amines) is 1. The van der Waals surface area contributed by atoms with Gasteiger partial charge in [0, 0.05) is 12.3 Å². The van der Waals surface area contributed by atoms with E-state index in [1.54, 1.807) is 60.6 Å². The highest BCUT2D eigenvalue weighted by molar-refractivity contribution is 7.91. The predicted octanol–water partition coefficient (Wildman–Crippen LogP) is 2.99. The largest absolute Gasteiger partial charge is 0.462 e. The summed E-state index contributed by atoms with van der Waals surface area (Å²) in [6.07, 6.45) is -0.787. The molecule has 286 valence electrons. The summed E-state index contributed by atoms with van der Waals surface area (Å²) in [5.74, 6) is -3.67. The predicted molar refractivity (Wildman–Crippen MR) is 188 cm³/mol. The number of carbonyl (C=O) groups excluding carboxylic acids is 6. The van der Waals surface area contributed by atoms with E-state index in [1.165, 1.54) is 18.2 Å². The average molecular weight is 748 g/mol. The highest BCUT2D eigenvalue weighted by atomic mass is 32.2. The van der Waals surface area contributed by atoms with E-state index in [1.807, 2.05) is 0 Å². The lowest BCUT2D eigenvalue weighted by molar-refractivity contribution is -0.143. The van der Waals surface area contributed by atoms with Gasteiger partial charge in [0.25, 0.3) is 5.91 Å². The molecular formula is C35H49N5O11S. The molecule has 5 unspecified atom stereocenters. The van der Waals surface area contributed by atoms with Gasteiger partial charge in [0.15, 0.2) is 0 Å². The monoisotopic (exact) mass is 747 g/mol. The van der Waals surface area contributed by atoms with Crippen molar-refractivity contribution in [2.45, 2.75) is 109 Å². The van der Waals surface area contributed by atoms with Crippen LogP contribution in [0.4, 0.5) is 15.3 Å². The topological polar surface area (TPSA) is 216 Å². The number of nitrogens with zero attached hydrogens (tertiary/aromatic N) is 1. The summed E-state index contributed by atoms with van der Waals surface area (Å²) in [6.45, 7) is 15.3. The van der Waals surface area contributed by atoms with Gasteiger partial charge >= 0.3 is 18.2 Å². The van der Waals surface area contributed by atoms with Crippen LogP contribution in [-0.4, -0.2) is 96.9 Å². The van der Waals surface area contributed by atoms with Crippen molar-refractivity contribution in [2.75, 3.05) is 18.5 Å². The van der Waals surface area contributed by atoms with E-state index >= 15 is 0 Å². The van der Waals surface area contributed by atoms with Crippen LogP contribution >= 0.6 is 0 Å². The van der Waals surface area contributed by atoms with Gasteiger partial charge in [-0.15, -0.1) is 6.58 Å². The van der Waals surface area contributed by atoms with Gasteiger partial charge in [0.05, 0.1) is 29.7 Å². The van der Waals surface area contributed by atoms with Crippen molar-refractivity contribution in [3.05, 3.63) is 42.5 Å². The first kappa shape index (κ1) is 40.1. The molecule has 0 bridgehead atoms. The Morgan fingerprint density at radius 1 is 1.04 bits per heavy atom. The van der Waals surface area contributed by atoms with Crippen molar-refractivity contribution >= 4 is 51.6 Å². The van der Waals surface area contributed by atoms with Gasteiger partial charge in [-0.1, -0.05) is 39.0 Å². The Kier molecular flexibility index (Phi) is 11.7. The van der Waals surface area contributed by atoms with Gasteiger partial charge in [-0.25, -0.2) is 22.8 Å². The Morgan fingerprint density at radius 3 is 2.25 bits per heavy atom. The Morgan fingerprint density at radius 2 is 1.69 bits per heavy atom. The molecule has 17 heteroatoms. The van der Waals surface area contributed by atoms with Crippen LogP contribution in [0.15, 0.2) is 36.9 Å². The number of para-hydroxylation sites is 1. The van der Waals surface area contributed by atoms with Gasteiger partial charge < -0.3 is 29.7 Å². The lowest BCUT2D eigenvalue weighted by Crippen LogP contribution is -2.60. The second-order valence-electron chi connectivity index (χ2n) is 15.3. The summed E-state index contributed by atoms with van der Waals surface area (Å²) in [5, 5.41) is 7.11. The maximum absolute atomic E-state index is 14.3. The minimum absolute atomic E-state index is 0.0714. The Balaban J connectivity index is 1.60. The summed E-state index contributed by atoms with van der Waals surface area (Å²) in [4.78, 5) is 81.4. The number of alkyl carbamates (subject to hydrolysis) is 1. The Hall–Kier alpha value is -4.67. The van der Waals surface area contributed by atoms with Crippen LogP contribution in [0.25, 0.3) is 0 Å². The molecule has 1 heterocycles. The quantitative estimate of drug-likeness (QED) is 0.139. The standard InChI is InChI=1S/C35H49N5O11S/c1-9-20-18-35(20,30(44)39-52(47,48)22-15-16-22)38-27(41)25-17-21(50-31(45)36-24-14-12-11-13-23(24)29(43)49-10-2)19-40(25)28(42)26(33(3,4)5)37-32(46)51-34(6,7)8/h9,11-14,20-22,25-26H,1,10,15-19H2,2-8H3,(H,36,45)(H,37,46)(H,38,41)(H,39,44). The summed E-state index contributed by atoms with van der Waals surface area (Å²) >= 11 is 0. The molecule has 0 aromatic heterocycles. The zero-order chi connectivity index (χ0) is 38.8. The molecule has 4 rings (SSSR count). The molecular weight excluding hydrogens is 698 g/mol. The second kappa shape index (κ2) is 15.1. The average Bonchev–Trinajstić information content (AvgIpc) is 3.95. The molecule has 5 atom stereocenters. The molecule has 3 aliphatic rings. The number of esters is 1. The lowest BCUT2D eigenvalue weighted by Gasteiger charge is -2.36. The minimum Gasteiger partial charge on any atom is -0.462 e. The molecule has 5 amide bonds. The maximum atomic E-state index is 14.3. The second-order valence-corrected chi connectivity index (χ2v) is 17.2. The van der Waals surface area contributed by atoms with E-state index < -0.39 is 91.8 Å². The van der Waals surface area contributed by atoms with Crippen LogP contribution in [0.2, 0.25) is 0 Å². The summed E-state index contributed by atoms with van der Waals surface area (Å²) in [6, 6.07) is 3.58. The zero-order valence-corrected chi connectivity index (χ0v) is 31.4. The minimum atomic E-state index is -3.95. The summed E-state index contributed by atoms with van der Waals surface area (Å²) in [5.41, 5.74) is -3.22. The van der Waals surface area contributed by atoms with Gasteiger partial charge in [-0.2, -0.15) is 0 Å². The number of benzene rings is 1. The molecule has 1 aliphatic heterocycles. The molecule has 2 aliphatic carbocycles. The molecule has 16 nitrogen and oxygen atoms in total. The first-order valence-electron chi connectivity index (χ1n) is 17.2. The molecule has 0 spiro atoms. The zero-order valence-electron chi connectivity index (χ0n) is 30.6. The van der Waals surface area contributed by atoms with E-state index in [-0.39, 0.29) is 37.2 Å². The number of sulfonamides is 1. The van der Waals surface area contributed by atoms with Gasteiger partial charge in [-0.3, -0.25) is 24.4 Å². The SMILES string of the molecule is C=CC1CC1(NC(=O)C1CC(OC(=O)Nc2ccccc2C(=O)OCC)CN1C(=O)C(NC(=O)OC(C)(C)C)C(C)(C)C)C(=O)NS(=O)(=O)C1CC1.